The van der Waals surface area contributed by atoms with Gasteiger partial charge in [-0.3, -0.25) is 19.2 Å². The SMILES string of the molecule is CC(C)(C)C(=NC(=O)NC1(Cc2ccsc2)CCCCC1)C(=O)N1C[C@H]2[C@@H]([C@H]1C(=O)NC(CC1CC1)C(=O)C(N)=O)C2(C)C. The third kappa shape index (κ3) is 6.77. The molecule has 5 rings (SSSR count). The first-order valence-corrected chi connectivity index (χ1v) is 16.9. The Labute approximate surface area is 264 Å². The van der Waals surface area contributed by atoms with Gasteiger partial charge in [0.15, 0.2) is 0 Å². The van der Waals surface area contributed by atoms with Crippen molar-refractivity contribution >= 4 is 46.6 Å². The highest BCUT2D eigenvalue weighted by Crippen LogP contribution is 2.65. The highest BCUT2D eigenvalue weighted by atomic mass is 32.1. The van der Waals surface area contributed by atoms with Crippen LogP contribution in [0.15, 0.2) is 21.8 Å². The second kappa shape index (κ2) is 12.0. The number of nitrogens with zero attached hydrogens (tertiary/aromatic N) is 2. The standard InChI is InChI=1S/C33H47N5O5S/c1-31(2,3)26(36-30(43)37-33(12-7-6-8-13-33)16-20-11-14-44-18-20)29(42)38-17-21-23(32(21,4)5)24(38)28(41)35-22(15-19-9-10-19)25(39)27(34)40/h11,14,18-19,21-24H,6-10,12-13,15-17H2,1-5H3,(H2,34,40)(H,35,41)(H,37,43)/t21-,22?,23-,24-/m0/s1. The number of nitrogens with two attached hydrogens (primary N) is 1. The van der Waals surface area contributed by atoms with Crippen molar-refractivity contribution in [3.05, 3.63) is 22.4 Å². The maximum Gasteiger partial charge on any atom is 0.341 e. The van der Waals surface area contributed by atoms with E-state index in [1.165, 1.54) is 10.5 Å². The molecule has 0 bridgehead atoms. The molecular weight excluding hydrogens is 578 g/mol. The Bertz CT molecular complexity index is 1340. The number of urea groups is 1. The van der Waals surface area contributed by atoms with E-state index in [0.717, 1.165) is 51.4 Å². The molecule has 1 unspecified atom stereocenters. The Morgan fingerprint density at radius 2 is 1.80 bits per heavy atom. The molecule has 0 spiro atoms. The average molecular weight is 626 g/mol. The normalized spacial score (nSPS) is 26.3. The molecule has 4 atom stereocenters. The maximum absolute atomic E-state index is 14.3. The summed E-state index contributed by atoms with van der Waals surface area (Å²) in [7, 11) is 0. The van der Waals surface area contributed by atoms with Crippen LogP contribution >= 0.6 is 11.3 Å². The molecule has 5 amide bonds. The van der Waals surface area contributed by atoms with Gasteiger partial charge in [-0.1, -0.05) is 66.7 Å². The van der Waals surface area contributed by atoms with Crippen LogP contribution < -0.4 is 16.4 Å². The quantitative estimate of drug-likeness (QED) is 0.265. The summed E-state index contributed by atoms with van der Waals surface area (Å²) >= 11 is 1.63. The zero-order valence-electron chi connectivity index (χ0n) is 26.6. The summed E-state index contributed by atoms with van der Waals surface area (Å²) in [5.41, 5.74) is 5.22. The largest absolute Gasteiger partial charge is 0.363 e. The predicted octanol–water partition coefficient (Wildman–Crippen LogP) is 4.01. The number of carbonyl (C=O) groups excluding carboxylic acids is 5. The first-order chi connectivity index (χ1) is 20.6. The van der Waals surface area contributed by atoms with Crippen LogP contribution in [0.25, 0.3) is 0 Å². The Hall–Kier alpha value is -3.08. The third-order valence-electron chi connectivity index (χ3n) is 10.3. The van der Waals surface area contributed by atoms with E-state index in [-0.39, 0.29) is 28.9 Å². The number of thiophene rings is 1. The molecule has 1 aliphatic heterocycles. The van der Waals surface area contributed by atoms with E-state index >= 15 is 0 Å². The zero-order valence-corrected chi connectivity index (χ0v) is 27.4. The summed E-state index contributed by atoms with van der Waals surface area (Å²) in [5, 5.41) is 10.1. The van der Waals surface area contributed by atoms with Crippen LogP contribution in [0.2, 0.25) is 0 Å². The van der Waals surface area contributed by atoms with E-state index in [1.54, 1.807) is 11.3 Å². The van der Waals surface area contributed by atoms with Gasteiger partial charge in [0.2, 0.25) is 11.7 Å². The van der Waals surface area contributed by atoms with E-state index in [1.807, 2.05) is 26.2 Å². The van der Waals surface area contributed by atoms with Crippen LogP contribution in [0.1, 0.15) is 91.5 Å². The monoisotopic (exact) mass is 625 g/mol. The van der Waals surface area contributed by atoms with Gasteiger partial charge in [0.05, 0.1) is 6.04 Å². The number of hydrogen-bond acceptors (Lipinski definition) is 6. The molecule has 4 aliphatic rings. The van der Waals surface area contributed by atoms with Gasteiger partial charge in [0.1, 0.15) is 11.8 Å². The van der Waals surface area contributed by atoms with Crippen molar-refractivity contribution in [2.24, 2.45) is 39.3 Å². The van der Waals surface area contributed by atoms with Crippen LogP contribution in [0.3, 0.4) is 0 Å². The highest BCUT2D eigenvalue weighted by Gasteiger charge is 2.69. The van der Waals surface area contributed by atoms with Crippen LogP contribution in [0, 0.1) is 28.6 Å². The van der Waals surface area contributed by atoms with Crippen LogP contribution in [0.5, 0.6) is 0 Å². The number of hydrogen-bond donors (Lipinski definition) is 3. The molecule has 3 saturated carbocycles. The number of carbonyl (C=O) groups is 5. The molecule has 240 valence electrons. The highest BCUT2D eigenvalue weighted by molar-refractivity contribution is 7.07. The number of Topliss-reactive ketones (excluding diaryl/α,β-unsaturated/α-hetero) is 1. The van der Waals surface area contributed by atoms with Crippen molar-refractivity contribution in [3.63, 3.8) is 0 Å². The minimum atomic E-state index is -1.08. The fourth-order valence-electron chi connectivity index (χ4n) is 7.53. The Balaban J connectivity index is 1.38. The van der Waals surface area contributed by atoms with Crippen molar-refractivity contribution in [2.45, 2.75) is 110 Å². The molecule has 1 aromatic heterocycles. The number of fused-ring (bicyclic) bond motifs is 1. The molecule has 0 radical (unpaired) electrons. The summed E-state index contributed by atoms with van der Waals surface area (Å²) in [6.45, 7) is 10.0. The fourth-order valence-corrected chi connectivity index (χ4v) is 8.20. The molecule has 2 heterocycles. The van der Waals surface area contributed by atoms with Gasteiger partial charge < -0.3 is 21.3 Å². The number of rotatable bonds is 10. The molecule has 1 aromatic rings. The minimum Gasteiger partial charge on any atom is -0.363 e. The number of piperidine rings is 1. The molecule has 10 nitrogen and oxygen atoms in total. The topological polar surface area (TPSA) is 151 Å². The molecule has 1 saturated heterocycles. The molecule has 4 N–H and O–H groups in total. The van der Waals surface area contributed by atoms with Crippen LogP contribution in [0.4, 0.5) is 4.79 Å². The van der Waals surface area contributed by atoms with E-state index in [4.69, 9.17) is 5.73 Å². The molecule has 0 aromatic carbocycles. The molecule has 11 heteroatoms. The Morgan fingerprint density at radius 3 is 2.36 bits per heavy atom. The van der Waals surface area contributed by atoms with Gasteiger partial charge in [-0.2, -0.15) is 16.3 Å². The number of likely N-dealkylation sites (tertiary alicyclic amines) is 1. The van der Waals surface area contributed by atoms with E-state index in [0.29, 0.717) is 13.0 Å². The average Bonchev–Trinajstić information content (AvgIpc) is 3.66. The fraction of sp³-hybridized carbons (Fsp3) is 0.697. The van der Waals surface area contributed by atoms with Crippen molar-refractivity contribution in [2.75, 3.05) is 6.54 Å². The lowest BCUT2D eigenvalue weighted by molar-refractivity contribution is -0.140. The number of ketones is 1. The lowest BCUT2D eigenvalue weighted by atomic mass is 9.78. The first kappa shape index (κ1) is 32.3. The van der Waals surface area contributed by atoms with Gasteiger partial charge >= 0.3 is 6.03 Å². The first-order valence-electron chi connectivity index (χ1n) is 16.0. The smallest absolute Gasteiger partial charge is 0.341 e. The van der Waals surface area contributed by atoms with Gasteiger partial charge in [0, 0.05) is 17.5 Å². The number of amides is 5. The van der Waals surface area contributed by atoms with Crippen molar-refractivity contribution in [1.29, 1.82) is 0 Å². The molecule has 44 heavy (non-hydrogen) atoms. The second-order valence-corrected chi connectivity index (χ2v) is 15.9. The van der Waals surface area contributed by atoms with E-state index < -0.39 is 52.6 Å². The van der Waals surface area contributed by atoms with E-state index in [2.05, 4.69) is 40.9 Å². The van der Waals surface area contributed by atoms with E-state index in [9.17, 15) is 24.0 Å². The van der Waals surface area contributed by atoms with Gasteiger partial charge in [-0.05, 0) is 71.2 Å². The predicted molar refractivity (Wildman–Crippen MR) is 169 cm³/mol. The summed E-state index contributed by atoms with van der Waals surface area (Å²) < 4.78 is 0. The van der Waals surface area contributed by atoms with Crippen molar-refractivity contribution in [1.82, 2.24) is 15.5 Å². The Kier molecular flexibility index (Phi) is 8.83. The van der Waals surface area contributed by atoms with Gasteiger partial charge in [-0.15, -0.1) is 0 Å². The van der Waals surface area contributed by atoms with Gasteiger partial charge in [-0.25, -0.2) is 4.79 Å². The molecular formula is C33H47N5O5S. The third-order valence-corrected chi connectivity index (χ3v) is 11.0. The number of nitrogens with one attached hydrogen (secondary N) is 2. The minimum absolute atomic E-state index is 0.0936. The second-order valence-electron chi connectivity index (χ2n) is 15.1. The van der Waals surface area contributed by atoms with Gasteiger partial charge in [0.25, 0.3) is 11.8 Å². The molecule has 4 fully saturated rings. The summed E-state index contributed by atoms with van der Waals surface area (Å²) in [4.78, 5) is 72.0. The summed E-state index contributed by atoms with van der Waals surface area (Å²) in [6, 6.07) is -0.314. The summed E-state index contributed by atoms with van der Waals surface area (Å²) in [5.74, 6) is -2.56. The van der Waals surface area contributed by atoms with Crippen molar-refractivity contribution in [3.8, 4) is 0 Å². The molecule has 3 aliphatic carbocycles. The number of primary amides is 1. The lowest BCUT2D eigenvalue weighted by Crippen LogP contribution is -2.57. The van der Waals surface area contributed by atoms with Crippen LogP contribution in [-0.4, -0.2) is 64.3 Å². The number of aliphatic imine (C=N–C) groups is 1. The lowest BCUT2D eigenvalue weighted by Gasteiger charge is -2.38. The van der Waals surface area contributed by atoms with Crippen LogP contribution in [-0.2, 0) is 25.6 Å². The maximum atomic E-state index is 14.3. The zero-order chi connectivity index (χ0) is 32.0. The summed E-state index contributed by atoms with van der Waals surface area (Å²) in [6.07, 6.45) is 7.80. The van der Waals surface area contributed by atoms with Crippen molar-refractivity contribution < 1.29 is 24.0 Å². The Morgan fingerprint density at radius 1 is 1.11 bits per heavy atom.